The number of methoxy groups -OCH3 is 2. The van der Waals surface area contributed by atoms with E-state index in [0.29, 0.717) is 0 Å². The summed E-state index contributed by atoms with van der Waals surface area (Å²) in [6, 6.07) is 12.9. The smallest absolute Gasteiger partial charge is 0.131 e. The van der Waals surface area contributed by atoms with Gasteiger partial charge in [0.05, 0.1) is 14.2 Å². The highest BCUT2D eigenvalue weighted by Gasteiger charge is 2.24. The van der Waals surface area contributed by atoms with E-state index >= 15 is 0 Å². The van der Waals surface area contributed by atoms with E-state index in [2.05, 4.69) is 6.07 Å². The first kappa shape index (κ1) is 17.7. The van der Waals surface area contributed by atoms with Crippen molar-refractivity contribution in [2.24, 2.45) is 0 Å². The summed E-state index contributed by atoms with van der Waals surface area (Å²) >= 11 is 0. The highest BCUT2D eigenvalue weighted by Crippen LogP contribution is 2.23. The minimum atomic E-state index is -0.165. The number of piperazine rings is 1. The minimum Gasteiger partial charge on any atom is -0.497 e. The molecule has 5 heteroatoms. The third-order valence-corrected chi connectivity index (χ3v) is 4.97. The third kappa shape index (κ3) is 4.71. The molecule has 1 fully saturated rings. The predicted molar refractivity (Wildman–Crippen MR) is 94.7 cm³/mol. The molecule has 1 saturated heterocycles. The van der Waals surface area contributed by atoms with Crippen LogP contribution in [0, 0.1) is 5.82 Å². The van der Waals surface area contributed by atoms with E-state index in [-0.39, 0.29) is 5.82 Å². The van der Waals surface area contributed by atoms with Gasteiger partial charge in [0, 0.05) is 17.2 Å². The van der Waals surface area contributed by atoms with Crippen molar-refractivity contribution < 1.29 is 23.7 Å². The van der Waals surface area contributed by atoms with Gasteiger partial charge in [0.2, 0.25) is 0 Å². The number of hydrogen-bond acceptors (Lipinski definition) is 2. The van der Waals surface area contributed by atoms with Crippen LogP contribution in [-0.2, 0) is 13.1 Å². The Labute approximate surface area is 148 Å². The second-order valence-electron chi connectivity index (χ2n) is 6.66. The van der Waals surface area contributed by atoms with Gasteiger partial charge in [-0.25, -0.2) is 4.39 Å². The normalized spacial score (nSPS) is 20.3. The average Bonchev–Trinajstić information content (AvgIpc) is 2.65. The Hall–Kier alpha value is -2.11. The first-order chi connectivity index (χ1) is 12.2. The standard InChI is InChI=1S/C20H25FN2O2/c1-24-19-8-5-17(20(13-19)25-2)15-23-11-9-22(10-12-23)14-16-3-6-18(21)7-4-16/h3-8,13H,9-12,14-15H2,1-2H3/p+2. The van der Waals surface area contributed by atoms with Crippen molar-refractivity contribution in [3.05, 3.63) is 59.4 Å². The molecule has 2 N–H and O–H groups in total. The summed E-state index contributed by atoms with van der Waals surface area (Å²) in [7, 11) is 3.38. The molecule has 0 spiro atoms. The van der Waals surface area contributed by atoms with Gasteiger partial charge in [-0.2, -0.15) is 0 Å². The van der Waals surface area contributed by atoms with Crippen LogP contribution in [0.3, 0.4) is 0 Å². The molecule has 0 bridgehead atoms. The zero-order valence-electron chi connectivity index (χ0n) is 15.0. The summed E-state index contributed by atoms with van der Waals surface area (Å²) in [6.07, 6.45) is 0. The highest BCUT2D eigenvalue weighted by molar-refractivity contribution is 5.40. The van der Waals surface area contributed by atoms with Crippen LogP contribution < -0.4 is 19.3 Å². The van der Waals surface area contributed by atoms with Crippen molar-refractivity contribution in [2.75, 3.05) is 40.4 Å². The molecule has 4 nitrogen and oxygen atoms in total. The highest BCUT2D eigenvalue weighted by atomic mass is 19.1. The molecule has 0 unspecified atom stereocenters. The van der Waals surface area contributed by atoms with Crippen molar-refractivity contribution in [3.63, 3.8) is 0 Å². The molecular weight excluding hydrogens is 319 g/mol. The Morgan fingerprint density at radius 2 is 1.48 bits per heavy atom. The number of rotatable bonds is 6. The molecule has 1 heterocycles. The van der Waals surface area contributed by atoms with E-state index in [1.165, 1.54) is 11.1 Å². The van der Waals surface area contributed by atoms with E-state index in [0.717, 1.165) is 50.8 Å². The topological polar surface area (TPSA) is 27.3 Å². The van der Waals surface area contributed by atoms with Crippen LogP contribution in [0.15, 0.2) is 42.5 Å². The van der Waals surface area contributed by atoms with Crippen molar-refractivity contribution in [1.29, 1.82) is 0 Å². The molecule has 0 atom stereocenters. The first-order valence-corrected chi connectivity index (χ1v) is 8.80. The van der Waals surface area contributed by atoms with Crippen LogP contribution in [0.1, 0.15) is 11.1 Å². The fourth-order valence-corrected chi connectivity index (χ4v) is 3.47. The number of hydrogen-bond donors (Lipinski definition) is 2. The molecule has 0 aliphatic carbocycles. The maximum atomic E-state index is 13.0. The maximum absolute atomic E-state index is 13.0. The number of benzene rings is 2. The molecule has 1 aliphatic heterocycles. The van der Waals surface area contributed by atoms with Crippen molar-refractivity contribution >= 4 is 0 Å². The largest absolute Gasteiger partial charge is 0.497 e. The second kappa shape index (κ2) is 8.32. The average molecular weight is 346 g/mol. The Morgan fingerprint density at radius 3 is 2.08 bits per heavy atom. The molecule has 0 saturated carbocycles. The lowest BCUT2D eigenvalue weighted by Crippen LogP contribution is -3.27. The van der Waals surface area contributed by atoms with E-state index in [4.69, 9.17) is 9.47 Å². The fourth-order valence-electron chi connectivity index (χ4n) is 3.47. The van der Waals surface area contributed by atoms with E-state index < -0.39 is 0 Å². The Balaban J connectivity index is 1.53. The quantitative estimate of drug-likeness (QED) is 0.789. The number of halogens is 1. The summed E-state index contributed by atoms with van der Waals surface area (Å²) in [5, 5.41) is 0. The van der Waals surface area contributed by atoms with Crippen LogP contribution in [0.2, 0.25) is 0 Å². The van der Waals surface area contributed by atoms with Crippen LogP contribution in [-0.4, -0.2) is 40.4 Å². The van der Waals surface area contributed by atoms with Gasteiger partial charge in [-0.05, 0) is 24.3 Å². The third-order valence-electron chi connectivity index (χ3n) is 4.97. The zero-order chi connectivity index (χ0) is 17.6. The summed E-state index contributed by atoms with van der Waals surface area (Å²) in [4.78, 5) is 3.14. The number of nitrogens with one attached hydrogen (secondary N) is 2. The van der Waals surface area contributed by atoms with Gasteiger partial charge < -0.3 is 19.3 Å². The monoisotopic (exact) mass is 346 g/mol. The zero-order valence-corrected chi connectivity index (χ0v) is 15.0. The predicted octanol–water partition coefficient (Wildman–Crippen LogP) is 0.327. The number of ether oxygens (including phenoxy) is 2. The fraction of sp³-hybridized carbons (Fsp3) is 0.400. The Kier molecular flexibility index (Phi) is 5.89. The van der Waals surface area contributed by atoms with Gasteiger partial charge in [-0.3, -0.25) is 0 Å². The summed E-state index contributed by atoms with van der Waals surface area (Å²) in [6.45, 7) is 6.46. The van der Waals surface area contributed by atoms with Gasteiger partial charge in [-0.1, -0.05) is 12.1 Å². The SMILES string of the molecule is COc1ccc(C[NH+]2CC[NH+](Cc3ccc(F)cc3)CC2)c(OC)c1. The maximum Gasteiger partial charge on any atom is 0.131 e. The van der Waals surface area contributed by atoms with Crippen molar-refractivity contribution in [1.82, 2.24) is 0 Å². The molecule has 2 aromatic rings. The molecule has 3 rings (SSSR count). The van der Waals surface area contributed by atoms with E-state index in [9.17, 15) is 4.39 Å². The molecule has 25 heavy (non-hydrogen) atoms. The molecular formula is C20H27FN2O2+2. The lowest BCUT2D eigenvalue weighted by Gasteiger charge is -2.30. The molecule has 134 valence electrons. The van der Waals surface area contributed by atoms with Gasteiger partial charge in [0.15, 0.2) is 0 Å². The summed E-state index contributed by atoms with van der Waals surface area (Å²) in [5.41, 5.74) is 2.43. The van der Waals surface area contributed by atoms with Crippen LogP contribution in [0.5, 0.6) is 11.5 Å². The Morgan fingerprint density at radius 1 is 0.840 bits per heavy atom. The summed E-state index contributed by atoms with van der Waals surface area (Å²) < 4.78 is 23.8. The van der Waals surface area contributed by atoms with E-state index in [1.807, 2.05) is 24.3 Å². The molecule has 0 aromatic heterocycles. The molecule has 0 radical (unpaired) electrons. The molecule has 0 amide bonds. The second-order valence-corrected chi connectivity index (χ2v) is 6.66. The molecule has 1 aliphatic rings. The lowest BCUT2D eigenvalue weighted by molar-refractivity contribution is -1.02. The van der Waals surface area contributed by atoms with Crippen LogP contribution in [0.4, 0.5) is 4.39 Å². The van der Waals surface area contributed by atoms with Gasteiger partial charge >= 0.3 is 0 Å². The van der Waals surface area contributed by atoms with Gasteiger partial charge in [-0.15, -0.1) is 0 Å². The van der Waals surface area contributed by atoms with Crippen molar-refractivity contribution in [3.8, 4) is 11.5 Å². The number of quaternary nitrogens is 2. The Bertz CT molecular complexity index is 683. The van der Waals surface area contributed by atoms with Gasteiger partial charge in [0.25, 0.3) is 0 Å². The van der Waals surface area contributed by atoms with E-state index in [1.54, 1.807) is 36.2 Å². The minimum absolute atomic E-state index is 0.165. The molecule has 2 aromatic carbocycles. The first-order valence-electron chi connectivity index (χ1n) is 8.80. The lowest BCUT2D eigenvalue weighted by atomic mass is 10.1. The van der Waals surface area contributed by atoms with Crippen LogP contribution in [0.25, 0.3) is 0 Å². The van der Waals surface area contributed by atoms with Gasteiger partial charge in [0.1, 0.15) is 56.6 Å². The summed E-state index contributed by atoms with van der Waals surface area (Å²) in [5.74, 6) is 1.55. The van der Waals surface area contributed by atoms with Crippen molar-refractivity contribution in [2.45, 2.75) is 13.1 Å². The van der Waals surface area contributed by atoms with Crippen LogP contribution >= 0.6 is 0 Å².